The Morgan fingerprint density at radius 2 is 2.31 bits per heavy atom. The Balaban J connectivity index is 2.78. The first-order chi connectivity index (χ1) is 7.69. The van der Waals surface area contributed by atoms with E-state index in [1.807, 2.05) is 19.9 Å². The van der Waals surface area contributed by atoms with Crippen LogP contribution in [0.1, 0.15) is 25.5 Å². The fourth-order valence-corrected chi connectivity index (χ4v) is 1.45. The van der Waals surface area contributed by atoms with Crippen molar-refractivity contribution >= 4 is 0 Å². The Morgan fingerprint density at radius 1 is 1.56 bits per heavy atom. The van der Waals surface area contributed by atoms with E-state index in [9.17, 15) is 4.39 Å². The summed E-state index contributed by atoms with van der Waals surface area (Å²) in [5, 5.41) is 3.21. The zero-order valence-electron chi connectivity index (χ0n) is 9.59. The van der Waals surface area contributed by atoms with Crippen LogP contribution in [0, 0.1) is 18.2 Å². The molecule has 1 unspecified atom stereocenters. The van der Waals surface area contributed by atoms with Crippen LogP contribution in [0.3, 0.4) is 0 Å². The van der Waals surface area contributed by atoms with Crippen LogP contribution in [0.5, 0.6) is 5.75 Å². The average Bonchev–Trinajstić information content (AvgIpc) is 2.27. The maximum absolute atomic E-state index is 13.6. The van der Waals surface area contributed by atoms with Gasteiger partial charge in [0, 0.05) is 6.04 Å². The highest BCUT2D eigenvalue weighted by molar-refractivity contribution is 5.31. The molecule has 0 radical (unpaired) electrons. The lowest BCUT2D eigenvalue weighted by Gasteiger charge is -2.13. The molecule has 0 amide bonds. The van der Waals surface area contributed by atoms with Crippen molar-refractivity contribution in [2.75, 3.05) is 13.2 Å². The van der Waals surface area contributed by atoms with E-state index in [4.69, 9.17) is 11.2 Å². The van der Waals surface area contributed by atoms with Gasteiger partial charge in [0.1, 0.15) is 6.61 Å². The van der Waals surface area contributed by atoms with Crippen LogP contribution in [0.4, 0.5) is 4.39 Å². The molecule has 1 rings (SSSR count). The second kappa shape index (κ2) is 6.14. The molecule has 3 heteroatoms. The molecule has 86 valence electrons. The average molecular weight is 221 g/mol. The number of benzene rings is 1. The number of nitrogens with one attached hydrogen (secondary N) is 1. The SMILES string of the molecule is C#CCOc1ccc(C(C)NCC)cc1F. The molecule has 16 heavy (non-hydrogen) atoms. The Hall–Kier alpha value is -1.53. The molecule has 0 heterocycles. The Bertz CT molecular complexity index is 384. The zero-order chi connectivity index (χ0) is 12.0. The highest BCUT2D eigenvalue weighted by atomic mass is 19.1. The molecule has 0 fully saturated rings. The van der Waals surface area contributed by atoms with Crippen LogP contribution in [0.15, 0.2) is 18.2 Å². The lowest BCUT2D eigenvalue weighted by atomic mass is 10.1. The molecule has 0 bridgehead atoms. The summed E-state index contributed by atoms with van der Waals surface area (Å²) in [6.45, 7) is 4.93. The van der Waals surface area contributed by atoms with E-state index in [1.54, 1.807) is 6.07 Å². The zero-order valence-corrected chi connectivity index (χ0v) is 9.59. The van der Waals surface area contributed by atoms with E-state index in [2.05, 4.69) is 11.2 Å². The standard InChI is InChI=1S/C13H16FNO/c1-4-8-16-13-7-6-11(9-12(13)14)10(3)15-5-2/h1,6-7,9-10,15H,5,8H2,2-3H3. The van der Waals surface area contributed by atoms with E-state index in [1.165, 1.54) is 6.07 Å². The molecule has 0 aliphatic heterocycles. The molecule has 1 N–H and O–H groups in total. The lowest BCUT2D eigenvalue weighted by Crippen LogP contribution is -2.17. The predicted octanol–water partition coefficient (Wildman–Crippen LogP) is 2.51. The van der Waals surface area contributed by atoms with Crippen molar-refractivity contribution < 1.29 is 9.13 Å². The van der Waals surface area contributed by atoms with Crippen LogP contribution in [-0.2, 0) is 0 Å². The third kappa shape index (κ3) is 3.25. The highest BCUT2D eigenvalue weighted by Gasteiger charge is 2.08. The van der Waals surface area contributed by atoms with Gasteiger partial charge < -0.3 is 10.1 Å². The molecule has 0 aliphatic carbocycles. The molecule has 0 saturated heterocycles. The minimum atomic E-state index is -0.377. The number of rotatable bonds is 5. The second-order valence-electron chi connectivity index (χ2n) is 3.46. The van der Waals surface area contributed by atoms with Gasteiger partial charge in [0.2, 0.25) is 0 Å². The summed E-state index contributed by atoms with van der Waals surface area (Å²) < 4.78 is 18.6. The van der Waals surface area contributed by atoms with Crippen molar-refractivity contribution in [2.45, 2.75) is 19.9 Å². The monoisotopic (exact) mass is 221 g/mol. The number of hydrogen-bond donors (Lipinski definition) is 1. The van der Waals surface area contributed by atoms with Gasteiger partial charge in [-0.3, -0.25) is 0 Å². The Labute approximate surface area is 95.8 Å². The molecule has 1 aromatic rings. The first kappa shape index (κ1) is 12.5. The summed E-state index contributed by atoms with van der Waals surface area (Å²) in [5.41, 5.74) is 0.896. The van der Waals surface area contributed by atoms with Crippen molar-refractivity contribution in [1.82, 2.24) is 5.32 Å². The van der Waals surface area contributed by atoms with Gasteiger partial charge in [0.15, 0.2) is 11.6 Å². The maximum Gasteiger partial charge on any atom is 0.165 e. The van der Waals surface area contributed by atoms with Gasteiger partial charge in [0.25, 0.3) is 0 Å². The largest absolute Gasteiger partial charge is 0.478 e. The highest BCUT2D eigenvalue weighted by Crippen LogP contribution is 2.21. The smallest absolute Gasteiger partial charge is 0.165 e. The molecular formula is C13H16FNO. The van der Waals surface area contributed by atoms with Gasteiger partial charge in [-0.05, 0) is 31.2 Å². The summed E-state index contributed by atoms with van der Waals surface area (Å²) in [7, 11) is 0. The molecule has 1 aromatic carbocycles. The molecule has 1 atom stereocenters. The maximum atomic E-state index is 13.6. The second-order valence-corrected chi connectivity index (χ2v) is 3.46. The Morgan fingerprint density at radius 3 is 2.88 bits per heavy atom. The van der Waals surface area contributed by atoms with E-state index in [-0.39, 0.29) is 24.2 Å². The fourth-order valence-electron chi connectivity index (χ4n) is 1.45. The van der Waals surface area contributed by atoms with Crippen molar-refractivity contribution in [3.8, 4) is 18.1 Å². The Kier molecular flexibility index (Phi) is 4.81. The molecule has 0 saturated carbocycles. The number of ether oxygens (including phenoxy) is 1. The number of hydrogen-bond acceptors (Lipinski definition) is 2. The predicted molar refractivity (Wildman–Crippen MR) is 62.8 cm³/mol. The van der Waals surface area contributed by atoms with Crippen LogP contribution in [-0.4, -0.2) is 13.2 Å². The number of halogens is 1. The molecule has 0 spiro atoms. The third-order valence-electron chi connectivity index (χ3n) is 2.28. The summed E-state index contributed by atoms with van der Waals surface area (Å²) >= 11 is 0. The summed E-state index contributed by atoms with van der Waals surface area (Å²) in [5.74, 6) is 2.12. The van der Waals surface area contributed by atoms with Gasteiger partial charge in [0.05, 0.1) is 0 Å². The first-order valence-electron chi connectivity index (χ1n) is 5.28. The quantitative estimate of drug-likeness (QED) is 0.771. The van der Waals surface area contributed by atoms with E-state index in [0.717, 1.165) is 12.1 Å². The molecule has 0 aliphatic rings. The van der Waals surface area contributed by atoms with Gasteiger partial charge in [-0.25, -0.2) is 4.39 Å². The van der Waals surface area contributed by atoms with Crippen molar-refractivity contribution in [2.24, 2.45) is 0 Å². The topological polar surface area (TPSA) is 21.3 Å². The van der Waals surface area contributed by atoms with Crippen LogP contribution in [0.25, 0.3) is 0 Å². The minimum absolute atomic E-state index is 0.0824. The van der Waals surface area contributed by atoms with Gasteiger partial charge in [-0.1, -0.05) is 18.9 Å². The van der Waals surface area contributed by atoms with Gasteiger partial charge in [-0.15, -0.1) is 6.42 Å². The van der Waals surface area contributed by atoms with E-state index < -0.39 is 0 Å². The normalized spacial score (nSPS) is 11.9. The lowest BCUT2D eigenvalue weighted by molar-refractivity contribution is 0.347. The van der Waals surface area contributed by atoms with Crippen molar-refractivity contribution in [1.29, 1.82) is 0 Å². The molecular weight excluding hydrogens is 205 g/mol. The minimum Gasteiger partial charge on any atom is -0.478 e. The third-order valence-corrected chi connectivity index (χ3v) is 2.28. The summed E-state index contributed by atoms with van der Waals surface area (Å²) in [4.78, 5) is 0. The number of terminal acetylenes is 1. The molecule has 0 aromatic heterocycles. The van der Waals surface area contributed by atoms with E-state index >= 15 is 0 Å². The van der Waals surface area contributed by atoms with Crippen molar-refractivity contribution in [3.05, 3.63) is 29.6 Å². The van der Waals surface area contributed by atoms with Crippen LogP contribution in [0.2, 0.25) is 0 Å². The van der Waals surface area contributed by atoms with E-state index in [0.29, 0.717) is 0 Å². The van der Waals surface area contributed by atoms with Gasteiger partial charge in [-0.2, -0.15) is 0 Å². The summed E-state index contributed by atoms with van der Waals surface area (Å²) in [6, 6.07) is 5.04. The summed E-state index contributed by atoms with van der Waals surface area (Å²) in [6.07, 6.45) is 5.04. The fraction of sp³-hybridized carbons (Fsp3) is 0.385. The molecule has 2 nitrogen and oxygen atoms in total. The van der Waals surface area contributed by atoms with Gasteiger partial charge >= 0.3 is 0 Å². The van der Waals surface area contributed by atoms with Crippen LogP contribution < -0.4 is 10.1 Å². The van der Waals surface area contributed by atoms with Crippen LogP contribution >= 0.6 is 0 Å². The first-order valence-corrected chi connectivity index (χ1v) is 5.28. The van der Waals surface area contributed by atoms with Crippen molar-refractivity contribution in [3.63, 3.8) is 0 Å².